The normalized spacial score (nSPS) is 27.8. The molecule has 1 saturated carbocycles. The first-order valence-corrected chi connectivity index (χ1v) is 7.40. The third-order valence-corrected chi connectivity index (χ3v) is 4.48. The fourth-order valence-electron chi connectivity index (χ4n) is 3.30. The van der Waals surface area contributed by atoms with Crippen LogP contribution in [0.3, 0.4) is 0 Å². The lowest BCUT2D eigenvalue weighted by Gasteiger charge is -2.30. The van der Waals surface area contributed by atoms with E-state index >= 15 is 0 Å². The molecule has 2 fully saturated rings. The number of aromatic nitrogens is 3. The van der Waals surface area contributed by atoms with Gasteiger partial charge in [-0.2, -0.15) is 0 Å². The predicted octanol–water partition coefficient (Wildman–Crippen LogP) is 2.83. The molecule has 0 spiro atoms. The minimum Gasteiger partial charge on any atom is -0.323 e. The number of nitrogens with zero attached hydrogens (tertiary/aromatic N) is 3. The molecular weight excluding hydrogens is 236 g/mol. The molecule has 1 aliphatic heterocycles. The summed E-state index contributed by atoms with van der Waals surface area (Å²) in [5.41, 5.74) is 2.30. The standard InChI is InChI=1S/C15H20N4/c1-10-3-2-7-17-14(10)15-18-12-9-16-8-6-13(12)19(15)11-4-5-11/h6,8-11,14,17H,2-5,7H2,1H3. The average molecular weight is 256 g/mol. The SMILES string of the molecule is CC1CCCNC1c1nc2cnccc2n1C1CC1. The number of imidazole rings is 1. The fraction of sp³-hybridized carbons (Fsp3) is 0.600. The Morgan fingerprint density at radius 3 is 3.00 bits per heavy atom. The number of hydrogen-bond donors (Lipinski definition) is 1. The predicted molar refractivity (Wildman–Crippen MR) is 74.9 cm³/mol. The summed E-state index contributed by atoms with van der Waals surface area (Å²) in [6, 6.07) is 3.18. The van der Waals surface area contributed by atoms with Crippen molar-refractivity contribution in [2.24, 2.45) is 5.92 Å². The molecule has 4 nitrogen and oxygen atoms in total. The van der Waals surface area contributed by atoms with Gasteiger partial charge in [-0.15, -0.1) is 0 Å². The molecular formula is C15H20N4. The molecule has 100 valence electrons. The Balaban J connectivity index is 1.85. The summed E-state index contributed by atoms with van der Waals surface area (Å²) in [5, 5.41) is 3.67. The highest BCUT2D eigenvalue weighted by Crippen LogP contribution is 2.41. The van der Waals surface area contributed by atoms with Gasteiger partial charge in [-0.1, -0.05) is 6.92 Å². The van der Waals surface area contributed by atoms with Crippen molar-refractivity contribution in [3.05, 3.63) is 24.3 Å². The first-order chi connectivity index (χ1) is 9.34. The summed E-state index contributed by atoms with van der Waals surface area (Å²) in [6.45, 7) is 3.45. The molecule has 2 aromatic heterocycles. The zero-order valence-electron chi connectivity index (χ0n) is 11.3. The molecule has 2 aliphatic rings. The van der Waals surface area contributed by atoms with Crippen LogP contribution in [0.4, 0.5) is 0 Å². The van der Waals surface area contributed by atoms with Crippen molar-refractivity contribution >= 4 is 11.0 Å². The summed E-state index contributed by atoms with van der Waals surface area (Å²) in [4.78, 5) is 9.10. The smallest absolute Gasteiger partial charge is 0.127 e. The van der Waals surface area contributed by atoms with Crippen LogP contribution in [0.15, 0.2) is 18.5 Å². The first kappa shape index (κ1) is 11.4. The van der Waals surface area contributed by atoms with Crippen LogP contribution in [0.5, 0.6) is 0 Å². The van der Waals surface area contributed by atoms with E-state index in [1.54, 1.807) is 0 Å². The molecule has 0 bridgehead atoms. The molecule has 2 unspecified atom stereocenters. The molecule has 0 amide bonds. The van der Waals surface area contributed by atoms with E-state index < -0.39 is 0 Å². The summed E-state index contributed by atoms with van der Waals surface area (Å²) >= 11 is 0. The number of rotatable bonds is 2. The van der Waals surface area contributed by atoms with Crippen molar-refractivity contribution in [2.75, 3.05) is 6.54 Å². The van der Waals surface area contributed by atoms with Crippen LogP contribution in [0, 0.1) is 5.92 Å². The minimum atomic E-state index is 0.404. The van der Waals surface area contributed by atoms with Crippen LogP contribution in [-0.2, 0) is 0 Å². The van der Waals surface area contributed by atoms with Crippen LogP contribution in [-0.4, -0.2) is 21.1 Å². The Labute approximate surface area is 113 Å². The van der Waals surface area contributed by atoms with Crippen molar-refractivity contribution in [1.82, 2.24) is 19.9 Å². The van der Waals surface area contributed by atoms with Gasteiger partial charge in [0.2, 0.25) is 0 Å². The van der Waals surface area contributed by atoms with E-state index in [2.05, 4.69) is 27.9 Å². The van der Waals surface area contributed by atoms with Gasteiger partial charge in [-0.05, 0) is 44.2 Å². The molecule has 2 atom stereocenters. The molecule has 4 rings (SSSR count). The summed E-state index contributed by atoms with van der Waals surface area (Å²) in [5.74, 6) is 1.90. The van der Waals surface area contributed by atoms with Crippen molar-refractivity contribution in [2.45, 2.75) is 44.7 Å². The molecule has 3 heterocycles. The maximum Gasteiger partial charge on any atom is 0.127 e. The Kier molecular flexibility index (Phi) is 2.58. The number of fused-ring (bicyclic) bond motifs is 1. The Bertz CT molecular complexity index is 599. The van der Waals surface area contributed by atoms with Crippen LogP contribution in [0.2, 0.25) is 0 Å². The van der Waals surface area contributed by atoms with Gasteiger partial charge < -0.3 is 9.88 Å². The second kappa shape index (κ2) is 4.30. The molecule has 4 heteroatoms. The van der Waals surface area contributed by atoms with Crippen LogP contribution in [0.25, 0.3) is 11.0 Å². The van der Waals surface area contributed by atoms with Gasteiger partial charge >= 0.3 is 0 Å². The Hall–Kier alpha value is -1.42. The number of pyridine rings is 1. The lowest BCUT2D eigenvalue weighted by Crippen LogP contribution is -2.34. The second-order valence-electron chi connectivity index (χ2n) is 5.99. The lowest BCUT2D eigenvalue weighted by molar-refractivity contribution is 0.289. The molecule has 0 radical (unpaired) electrons. The van der Waals surface area contributed by atoms with E-state index in [0.29, 0.717) is 18.0 Å². The van der Waals surface area contributed by atoms with Crippen molar-refractivity contribution in [3.8, 4) is 0 Å². The van der Waals surface area contributed by atoms with E-state index in [9.17, 15) is 0 Å². The average Bonchev–Trinajstić information content (AvgIpc) is 3.19. The third-order valence-electron chi connectivity index (χ3n) is 4.48. The first-order valence-electron chi connectivity index (χ1n) is 7.40. The maximum atomic E-state index is 4.89. The van der Waals surface area contributed by atoms with E-state index in [1.807, 2.05) is 12.4 Å². The largest absolute Gasteiger partial charge is 0.323 e. The summed E-state index contributed by atoms with van der Waals surface area (Å²) < 4.78 is 2.47. The Morgan fingerprint density at radius 1 is 1.32 bits per heavy atom. The van der Waals surface area contributed by atoms with Gasteiger partial charge in [0, 0.05) is 12.2 Å². The molecule has 1 aliphatic carbocycles. The third kappa shape index (κ3) is 1.86. The van der Waals surface area contributed by atoms with E-state index in [1.165, 1.54) is 37.0 Å². The molecule has 1 saturated heterocycles. The van der Waals surface area contributed by atoms with Gasteiger partial charge in [0.25, 0.3) is 0 Å². The van der Waals surface area contributed by atoms with Gasteiger partial charge in [0.1, 0.15) is 11.3 Å². The summed E-state index contributed by atoms with van der Waals surface area (Å²) in [7, 11) is 0. The zero-order valence-corrected chi connectivity index (χ0v) is 11.3. The summed E-state index contributed by atoms with van der Waals surface area (Å²) in [6.07, 6.45) is 8.94. The highest BCUT2D eigenvalue weighted by atomic mass is 15.2. The van der Waals surface area contributed by atoms with Crippen molar-refractivity contribution in [3.63, 3.8) is 0 Å². The van der Waals surface area contributed by atoms with E-state index in [0.717, 1.165) is 12.1 Å². The highest BCUT2D eigenvalue weighted by molar-refractivity contribution is 5.75. The second-order valence-corrected chi connectivity index (χ2v) is 5.99. The zero-order chi connectivity index (χ0) is 12.8. The van der Waals surface area contributed by atoms with Gasteiger partial charge in [0.15, 0.2) is 0 Å². The number of piperidine rings is 1. The van der Waals surface area contributed by atoms with Gasteiger partial charge in [0.05, 0.1) is 17.8 Å². The van der Waals surface area contributed by atoms with Crippen molar-refractivity contribution < 1.29 is 0 Å². The lowest BCUT2D eigenvalue weighted by atomic mass is 9.92. The molecule has 19 heavy (non-hydrogen) atoms. The quantitative estimate of drug-likeness (QED) is 0.898. The van der Waals surface area contributed by atoms with E-state index in [-0.39, 0.29) is 0 Å². The number of hydrogen-bond acceptors (Lipinski definition) is 3. The highest BCUT2D eigenvalue weighted by Gasteiger charge is 2.33. The van der Waals surface area contributed by atoms with Gasteiger partial charge in [-0.25, -0.2) is 4.98 Å². The molecule has 2 aromatic rings. The molecule has 1 N–H and O–H groups in total. The van der Waals surface area contributed by atoms with Crippen molar-refractivity contribution in [1.29, 1.82) is 0 Å². The topological polar surface area (TPSA) is 42.7 Å². The monoisotopic (exact) mass is 256 g/mol. The maximum absolute atomic E-state index is 4.89. The number of nitrogens with one attached hydrogen (secondary N) is 1. The Morgan fingerprint density at radius 2 is 2.21 bits per heavy atom. The van der Waals surface area contributed by atoms with Crippen LogP contribution < -0.4 is 5.32 Å². The van der Waals surface area contributed by atoms with E-state index in [4.69, 9.17) is 4.98 Å². The van der Waals surface area contributed by atoms with Crippen LogP contribution >= 0.6 is 0 Å². The fourth-order valence-corrected chi connectivity index (χ4v) is 3.30. The molecule has 0 aromatic carbocycles. The van der Waals surface area contributed by atoms with Crippen LogP contribution in [0.1, 0.15) is 50.5 Å². The minimum absolute atomic E-state index is 0.404. The van der Waals surface area contributed by atoms with Gasteiger partial charge in [-0.3, -0.25) is 4.98 Å².